The molecule has 4 aromatic carbocycles. The third-order valence-corrected chi connectivity index (χ3v) is 17.1. The van der Waals surface area contributed by atoms with Crippen molar-refractivity contribution in [3.63, 3.8) is 0 Å². The summed E-state index contributed by atoms with van der Waals surface area (Å²) in [6.07, 6.45) is 40.9. The zero-order valence-electron chi connectivity index (χ0n) is 53.6. The van der Waals surface area contributed by atoms with E-state index in [4.69, 9.17) is 13.9 Å². The molecule has 474 valence electrons. The SMILES string of the molecule is CCCCCCCCCCCCCCCCCCNC(=O)OCCN(Cc1ccccc1)c1ccc2c(-c3ccccc3C(=O)O)c3ccc(=[N+](CCOC(=O)NCCCCCCCCCCCCCCCCCC)Cc4ccccc4)cc-3oc2c1. The molecule has 11 nitrogen and oxygen atoms in total. The molecule has 0 atom stereocenters. The van der Waals surface area contributed by atoms with Crippen LogP contribution in [0.1, 0.15) is 241 Å². The fourth-order valence-electron chi connectivity index (χ4n) is 12.0. The number of carboxylic acids is 1. The fraction of sp³-hybridized carbons (Fsp3) is 0.553. The second-order valence-corrected chi connectivity index (χ2v) is 24.2. The minimum atomic E-state index is -1.02. The second kappa shape index (κ2) is 43.1. The van der Waals surface area contributed by atoms with E-state index in [1.165, 1.54) is 180 Å². The Morgan fingerprint density at radius 1 is 0.483 bits per heavy atom. The normalized spacial score (nSPS) is 11.7. The molecule has 4 aromatic rings. The molecule has 0 bridgehead atoms. The van der Waals surface area contributed by atoms with E-state index in [-0.39, 0.29) is 18.8 Å². The fourth-order valence-corrected chi connectivity index (χ4v) is 12.0. The van der Waals surface area contributed by atoms with Crippen LogP contribution in [0.15, 0.2) is 126 Å². The molecular formula is C76H109N4O7+. The zero-order valence-corrected chi connectivity index (χ0v) is 53.6. The minimum absolute atomic E-state index is 0.174. The van der Waals surface area contributed by atoms with Gasteiger partial charge < -0.3 is 34.5 Å². The Balaban J connectivity index is 1.07. The molecule has 11 heteroatoms. The molecule has 2 amide bonds. The summed E-state index contributed by atoms with van der Waals surface area (Å²) in [4.78, 5) is 41.0. The number of aromatic carboxylic acids is 1. The lowest BCUT2D eigenvalue weighted by atomic mass is 9.90. The van der Waals surface area contributed by atoms with Gasteiger partial charge in [0.1, 0.15) is 18.0 Å². The Hall–Kier alpha value is -6.62. The summed E-state index contributed by atoms with van der Waals surface area (Å²) >= 11 is 0. The number of anilines is 1. The van der Waals surface area contributed by atoms with E-state index in [1.54, 1.807) is 12.1 Å². The van der Waals surface area contributed by atoms with Crippen molar-refractivity contribution in [3.8, 4) is 22.5 Å². The summed E-state index contributed by atoms with van der Waals surface area (Å²) in [6.45, 7) is 8.04. The van der Waals surface area contributed by atoms with Crippen LogP contribution in [-0.4, -0.2) is 62.7 Å². The van der Waals surface area contributed by atoms with E-state index in [1.807, 2.05) is 84.9 Å². The van der Waals surface area contributed by atoms with Crippen molar-refractivity contribution in [2.45, 2.75) is 232 Å². The Labute approximate surface area is 523 Å². The van der Waals surface area contributed by atoms with Gasteiger partial charge in [-0.25, -0.2) is 19.0 Å². The molecule has 0 saturated heterocycles. The van der Waals surface area contributed by atoms with Crippen LogP contribution < -0.4 is 25.5 Å². The van der Waals surface area contributed by atoms with Crippen LogP contribution in [0, 0.1) is 0 Å². The summed E-state index contributed by atoms with van der Waals surface area (Å²) < 4.78 is 20.7. The van der Waals surface area contributed by atoms with Gasteiger partial charge in [0.15, 0.2) is 19.7 Å². The van der Waals surface area contributed by atoms with E-state index in [0.29, 0.717) is 56.2 Å². The largest absolute Gasteiger partial charge is 0.478 e. The molecule has 0 saturated carbocycles. The first-order valence-corrected chi connectivity index (χ1v) is 34.4. The number of nitrogens with zero attached hydrogens (tertiary/aromatic N) is 2. The number of carbonyl (C=O) groups is 3. The lowest BCUT2D eigenvalue weighted by Gasteiger charge is -2.26. The van der Waals surface area contributed by atoms with Crippen LogP contribution in [0.5, 0.6) is 0 Å². The van der Waals surface area contributed by atoms with Gasteiger partial charge in [0.25, 0.3) is 0 Å². The summed E-state index contributed by atoms with van der Waals surface area (Å²) in [6, 6.07) is 39.6. The third-order valence-electron chi connectivity index (χ3n) is 17.1. The molecule has 0 aromatic heterocycles. The van der Waals surface area contributed by atoms with Gasteiger partial charge in [-0.15, -0.1) is 0 Å². The van der Waals surface area contributed by atoms with Gasteiger partial charge in [0, 0.05) is 59.5 Å². The smallest absolute Gasteiger partial charge is 0.407 e. The number of benzene rings is 5. The molecule has 1 heterocycles. The van der Waals surface area contributed by atoms with E-state index in [9.17, 15) is 19.5 Å². The van der Waals surface area contributed by atoms with Crippen LogP contribution in [0.2, 0.25) is 0 Å². The number of hydrogen-bond donors (Lipinski definition) is 3. The van der Waals surface area contributed by atoms with E-state index in [0.717, 1.165) is 64.4 Å². The molecule has 87 heavy (non-hydrogen) atoms. The standard InChI is InChI=1S/C76H108N4O7/c1-3-5-7-9-11-13-15-17-19-21-23-25-27-29-31-41-53-77-75(83)85-57-55-79(61-63-43-35-33-36-44-63)65-49-51-69-71(59-65)87-72-60-66(50-52-70(72)73(69)67-47-39-40-48-68(67)74(81)82)80(62-64-45-37-34-38-46-64)56-58-86-76(84)78-54-42-32-30-28-26-24-22-20-18-16-14-12-10-8-6-4-2/h33-40,43-52,59-60H,3-32,41-42,53-58,61-62H2,1-2H3,(H2-,77,78,81,82,83,84)/p+1. The van der Waals surface area contributed by atoms with Crippen molar-refractivity contribution in [3.05, 3.63) is 143 Å². The quantitative estimate of drug-likeness (QED) is 0.0195. The molecule has 3 N–H and O–H groups in total. The van der Waals surface area contributed by atoms with Gasteiger partial charge in [-0.2, -0.15) is 0 Å². The molecule has 1 aliphatic heterocycles. The molecule has 0 fully saturated rings. The minimum Gasteiger partial charge on any atom is -0.478 e. The molecule has 2 aliphatic rings. The number of rotatable bonds is 47. The Morgan fingerprint density at radius 3 is 1.45 bits per heavy atom. The predicted molar refractivity (Wildman–Crippen MR) is 361 cm³/mol. The maximum absolute atomic E-state index is 13.0. The molecule has 6 rings (SSSR count). The maximum atomic E-state index is 13.0. The summed E-state index contributed by atoms with van der Waals surface area (Å²) in [5.41, 5.74) is 5.90. The highest BCUT2D eigenvalue weighted by atomic mass is 16.6. The zero-order chi connectivity index (χ0) is 61.2. The number of amides is 2. The average molecular weight is 1190 g/mol. The maximum Gasteiger partial charge on any atom is 0.407 e. The highest BCUT2D eigenvalue weighted by Crippen LogP contribution is 2.42. The summed E-state index contributed by atoms with van der Waals surface area (Å²) in [7, 11) is 0. The topological polar surface area (TPSA) is 133 Å². The van der Waals surface area contributed by atoms with E-state index < -0.39 is 18.2 Å². The van der Waals surface area contributed by atoms with Crippen molar-refractivity contribution >= 4 is 34.8 Å². The Kier molecular flexibility index (Phi) is 34.4. The number of unbranched alkanes of at least 4 members (excludes halogenated alkanes) is 30. The van der Waals surface area contributed by atoms with Crippen LogP contribution in [0.3, 0.4) is 0 Å². The van der Waals surface area contributed by atoms with Gasteiger partial charge in [0.05, 0.1) is 18.2 Å². The molecule has 0 radical (unpaired) electrons. The number of carbonyl (C=O) groups excluding carboxylic acids is 2. The monoisotopic (exact) mass is 1190 g/mol. The van der Waals surface area contributed by atoms with Crippen molar-refractivity contribution in [2.24, 2.45) is 0 Å². The van der Waals surface area contributed by atoms with Crippen LogP contribution in [-0.2, 0) is 22.6 Å². The van der Waals surface area contributed by atoms with Crippen molar-refractivity contribution in [1.29, 1.82) is 0 Å². The number of ether oxygens (including phenoxy) is 2. The lowest BCUT2D eigenvalue weighted by Crippen LogP contribution is -2.34. The van der Waals surface area contributed by atoms with Crippen molar-refractivity contribution in [1.82, 2.24) is 15.2 Å². The van der Waals surface area contributed by atoms with Gasteiger partial charge in [-0.1, -0.05) is 285 Å². The first kappa shape index (κ1) is 69.5. The van der Waals surface area contributed by atoms with Gasteiger partial charge in [-0.3, -0.25) is 0 Å². The third kappa shape index (κ3) is 27.1. The van der Waals surface area contributed by atoms with Gasteiger partial charge in [-0.05, 0) is 48.2 Å². The number of alkyl carbamates (subject to hydrolysis) is 2. The number of carboxylic acid groups (broad SMARTS) is 1. The molecule has 1 aliphatic carbocycles. The highest BCUT2D eigenvalue weighted by Gasteiger charge is 2.24. The molecule has 0 unspecified atom stereocenters. The molecular weight excluding hydrogens is 1080 g/mol. The Morgan fingerprint density at radius 2 is 0.943 bits per heavy atom. The van der Waals surface area contributed by atoms with E-state index >= 15 is 0 Å². The van der Waals surface area contributed by atoms with Crippen LogP contribution in [0.4, 0.5) is 15.3 Å². The first-order chi connectivity index (χ1) is 42.8. The summed E-state index contributed by atoms with van der Waals surface area (Å²) in [5.74, 6) is -0.450. The van der Waals surface area contributed by atoms with Gasteiger partial charge in [0.2, 0.25) is 5.36 Å². The van der Waals surface area contributed by atoms with Crippen molar-refractivity contribution in [2.75, 3.05) is 44.3 Å². The number of hydrogen-bond acceptors (Lipinski definition) is 7. The Bertz CT molecular complexity index is 2870. The van der Waals surface area contributed by atoms with Crippen molar-refractivity contribution < 1.29 is 33.4 Å². The highest BCUT2D eigenvalue weighted by molar-refractivity contribution is 6.07. The number of nitrogens with one attached hydrogen (secondary N) is 2. The predicted octanol–water partition coefficient (Wildman–Crippen LogP) is 19.9. The first-order valence-electron chi connectivity index (χ1n) is 34.4. The van der Waals surface area contributed by atoms with E-state index in [2.05, 4.69) is 58.2 Å². The average Bonchev–Trinajstić information content (AvgIpc) is 0.937. The lowest BCUT2D eigenvalue weighted by molar-refractivity contribution is 0.0697. The number of fused-ring (bicyclic) bond motifs is 2. The second-order valence-electron chi connectivity index (χ2n) is 24.2. The van der Waals surface area contributed by atoms with Crippen LogP contribution >= 0.6 is 0 Å². The summed E-state index contributed by atoms with van der Waals surface area (Å²) in [5, 5.41) is 18.1. The molecule has 0 spiro atoms. The van der Waals surface area contributed by atoms with Crippen LogP contribution in [0.25, 0.3) is 33.4 Å². The van der Waals surface area contributed by atoms with Gasteiger partial charge >= 0.3 is 18.2 Å².